The van der Waals surface area contributed by atoms with Crippen molar-refractivity contribution in [3.05, 3.63) is 28.8 Å². The number of hydrogen-bond donors (Lipinski definition) is 1. The van der Waals surface area contributed by atoms with Crippen LogP contribution < -0.4 is 4.84 Å². The third kappa shape index (κ3) is 6.33. The average molecular weight is 418 g/mol. The maximum atomic E-state index is 13.6. The van der Waals surface area contributed by atoms with Crippen molar-refractivity contribution in [2.75, 3.05) is 13.2 Å². The Morgan fingerprint density at radius 3 is 2.44 bits per heavy atom. The number of carbonyl (C=O) groups is 1. The van der Waals surface area contributed by atoms with Crippen molar-refractivity contribution in [2.45, 2.75) is 25.3 Å². The standard InChI is InChI=1S/C13H13F4N2OPS.CH4ClN/c1-12(14,15)11-4-9(10-3-2-8(5-20)22-10)18-19(11)6-13(16,17)7-21;1-3-2/h2-5H,6-7,21H2,1H3;3H,1H3. The molecule has 0 saturated carbocycles. The summed E-state index contributed by atoms with van der Waals surface area (Å²) in [6.45, 7) is -0.296. The first-order valence-electron chi connectivity index (χ1n) is 6.94. The first-order chi connectivity index (χ1) is 11.6. The molecule has 1 unspecified atom stereocenters. The zero-order valence-electron chi connectivity index (χ0n) is 13.4. The molecule has 11 heteroatoms. The van der Waals surface area contributed by atoms with Crippen LogP contribution in [0.15, 0.2) is 18.2 Å². The SMILES string of the molecule is CC(F)(F)c1cc(-c2ccc(C=O)s2)nn1CC(F)(F)CP.CNCl. The zero-order valence-corrected chi connectivity index (χ0v) is 16.1. The summed E-state index contributed by atoms with van der Waals surface area (Å²) >= 11 is 5.81. The van der Waals surface area contributed by atoms with Crippen LogP contribution in [0.1, 0.15) is 22.3 Å². The van der Waals surface area contributed by atoms with Crippen LogP contribution >= 0.6 is 32.4 Å². The highest BCUT2D eigenvalue weighted by Crippen LogP contribution is 2.34. The van der Waals surface area contributed by atoms with Gasteiger partial charge >= 0.3 is 0 Å². The number of aromatic nitrogens is 2. The maximum absolute atomic E-state index is 13.6. The van der Waals surface area contributed by atoms with Crippen LogP contribution in [0.4, 0.5) is 17.6 Å². The molecule has 0 aromatic carbocycles. The second-order valence-corrected chi connectivity index (χ2v) is 6.93. The first kappa shape index (κ1) is 22.0. The lowest BCUT2D eigenvalue weighted by atomic mass is 10.2. The molecule has 140 valence electrons. The molecular formula is C14H17ClF4N3OPS. The van der Waals surface area contributed by atoms with E-state index in [0.717, 1.165) is 17.4 Å². The van der Waals surface area contributed by atoms with Crippen LogP contribution in [-0.4, -0.2) is 35.2 Å². The number of nitrogens with one attached hydrogen (secondary N) is 1. The van der Waals surface area contributed by atoms with Crippen LogP contribution in [0.3, 0.4) is 0 Å². The van der Waals surface area contributed by atoms with Crippen LogP contribution in [0.5, 0.6) is 0 Å². The Balaban J connectivity index is 0.000000970. The number of nitrogens with zero attached hydrogens (tertiary/aromatic N) is 2. The number of aldehydes is 1. The minimum atomic E-state index is -3.30. The van der Waals surface area contributed by atoms with E-state index in [0.29, 0.717) is 27.6 Å². The lowest BCUT2D eigenvalue weighted by Crippen LogP contribution is -2.29. The quantitative estimate of drug-likeness (QED) is 0.328. The van der Waals surface area contributed by atoms with Gasteiger partial charge in [-0.1, -0.05) is 0 Å². The van der Waals surface area contributed by atoms with Gasteiger partial charge in [-0.05, 0) is 37.0 Å². The van der Waals surface area contributed by atoms with E-state index < -0.39 is 30.2 Å². The smallest absolute Gasteiger partial charge is 0.286 e. The van der Waals surface area contributed by atoms with Gasteiger partial charge in [0.2, 0.25) is 0 Å². The van der Waals surface area contributed by atoms with Gasteiger partial charge in [0.15, 0.2) is 6.29 Å². The Morgan fingerprint density at radius 1 is 1.40 bits per heavy atom. The highest BCUT2D eigenvalue weighted by molar-refractivity contribution is 7.17. The molecule has 2 heterocycles. The Labute approximate surface area is 153 Å². The van der Waals surface area contributed by atoms with Gasteiger partial charge in [0, 0.05) is 13.1 Å². The molecule has 0 aliphatic heterocycles. The molecule has 1 atom stereocenters. The van der Waals surface area contributed by atoms with Crippen molar-refractivity contribution >= 4 is 38.6 Å². The predicted molar refractivity (Wildman–Crippen MR) is 94.9 cm³/mol. The molecule has 0 fully saturated rings. The molecule has 0 saturated heterocycles. The van der Waals surface area contributed by atoms with Gasteiger partial charge in [-0.15, -0.1) is 20.6 Å². The van der Waals surface area contributed by atoms with Gasteiger partial charge in [0.25, 0.3) is 11.8 Å². The summed E-state index contributed by atoms with van der Waals surface area (Å²) in [4.78, 5) is 13.8. The summed E-state index contributed by atoms with van der Waals surface area (Å²) < 4.78 is 54.9. The normalized spacial score (nSPS) is 11.8. The summed E-state index contributed by atoms with van der Waals surface area (Å²) in [5.74, 6) is -6.45. The summed E-state index contributed by atoms with van der Waals surface area (Å²) in [6, 6.07) is 4.15. The second kappa shape index (κ2) is 9.07. The number of hydrogen-bond acceptors (Lipinski definition) is 4. The molecule has 0 aliphatic rings. The molecule has 0 bridgehead atoms. The number of alkyl halides is 4. The number of halogens is 5. The minimum absolute atomic E-state index is 0.147. The molecule has 2 rings (SSSR count). The van der Waals surface area contributed by atoms with Gasteiger partial charge in [-0.2, -0.15) is 13.9 Å². The maximum Gasteiger partial charge on any atom is 0.286 e. The molecule has 0 spiro atoms. The van der Waals surface area contributed by atoms with Crippen LogP contribution in [0.25, 0.3) is 10.6 Å². The van der Waals surface area contributed by atoms with Crippen molar-refractivity contribution in [1.82, 2.24) is 14.6 Å². The van der Waals surface area contributed by atoms with Crippen molar-refractivity contribution in [2.24, 2.45) is 0 Å². The van der Waals surface area contributed by atoms with Gasteiger partial charge in [-0.25, -0.2) is 13.6 Å². The van der Waals surface area contributed by atoms with Crippen LogP contribution in [0.2, 0.25) is 0 Å². The molecule has 0 radical (unpaired) electrons. The lowest BCUT2D eigenvalue weighted by molar-refractivity contribution is -0.0161. The van der Waals surface area contributed by atoms with E-state index in [-0.39, 0.29) is 5.69 Å². The highest BCUT2D eigenvalue weighted by Gasteiger charge is 2.35. The summed E-state index contributed by atoms with van der Waals surface area (Å²) in [5.41, 5.74) is -0.434. The zero-order chi connectivity index (χ0) is 19.3. The highest BCUT2D eigenvalue weighted by atomic mass is 35.5. The molecular weight excluding hydrogens is 401 g/mol. The van der Waals surface area contributed by atoms with E-state index in [2.05, 4.69) is 9.93 Å². The number of carbonyl (C=O) groups excluding carboxylic acids is 1. The summed E-state index contributed by atoms with van der Waals surface area (Å²) in [7, 11) is 3.53. The Hall–Kier alpha value is -1.02. The fraction of sp³-hybridized carbons (Fsp3) is 0.429. The third-order valence-electron chi connectivity index (χ3n) is 2.90. The number of rotatable bonds is 6. The van der Waals surface area contributed by atoms with Crippen molar-refractivity contribution in [1.29, 1.82) is 0 Å². The largest absolute Gasteiger partial charge is 0.297 e. The fourth-order valence-corrected chi connectivity index (χ4v) is 2.76. The first-order valence-corrected chi connectivity index (χ1v) is 8.96. The third-order valence-corrected chi connectivity index (χ3v) is 4.54. The molecule has 0 amide bonds. The molecule has 25 heavy (non-hydrogen) atoms. The van der Waals surface area contributed by atoms with E-state index in [1.54, 1.807) is 13.1 Å². The average Bonchev–Trinajstić information content (AvgIpc) is 3.13. The van der Waals surface area contributed by atoms with E-state index in [9.17, 15) is 22.4 Å². The summed E-state index contributed by atoms with van der Waals surface area (Å²) in [5, 5.41) is 3.87. The monoisotopic (exact) mass is 417 g/mol. The molecule has 0 aliphatic carbocycles. The van der Waals surface area contributed by atoms with E-state index in [1.165, 1.54) is 6.07 Å². The molecule has 2 aromatic rings. The summed E-state index contributed by atoms with van der Waals surface area (Å²) in [6.07, 6.45) is 0.0775. The predicted octanol–water partition coefficient (Wildman–Crippen LogP) is 4.41. The van der Waals surface area contributed by atoms with Crippen molar-refractivity contribution in [3.8, 4) is 10.6 Å². The van der Waals surface area contributed by atoms with Crippen LogP contribution in [-0.2, 0) is 12.5 Å². The van der Waals surface area contributed by atoms with Crippen LogP contribution in [0, 0.1) is 0 Å². The number of thiophene rings is 1. The molecule has 4 nitrogen and oxygen atoms in total. The van der Waals surface area contributed by atoms with Gasteiger partial charge < -0.3 is 0 Å². The fourth-order valence-electron chi connectivity index (χ4n) is 1.85. The van der Waals surface area contributed by atoms with E-state index in [1.807, 2.05) is 9.24 Å². The molecule has 2 aromatic heterocycles. The van der Waals surface area contributed by atoms with Crippen molar-refractivity contribution in [3.63, 3.8) is 0 Å². The Morgan fingerprint density at radius 2 is 2.00 bits per heavy atom. The Kier molecular flexibility index (Phi) is 7.99. The minimum Gasteiger partial charge on any atom is -0.297 e. The van der Waals surface area contributed by atoms with E-state index >= 15 is 0 Å². The lowest BCUT2D eigenvalue weighted by Gasteiger charge is -2.18. The van der Waals surface area contributed by atoms with E-state index in [4.69, 9.17) is 11.8 Å². The topological polar surface area (TPSA) is 46.9 Å². The Bertz CT molecular complexity index is 703. The molecule has 1 N–H and O–H groups in total. The second-order valence-electron chi connectivity index (χ2n) is 5.03. The van der Waals surface area contributed by atoms with Gasteiger partial charge in [-0.3, -0.25) is 9.48 Å². The van der Waals surface area contributed by atoms with Gasteiger partial charge in [0.1, 0.15) is 17.9 Å². The van der Waals surface area contributed by atoms with Gasteiger partial charge in [0.05, 0.1) is 9.75 Å². The van der Waals surface area contributed by atoms with Crippen molar-refractivity contribution < 1.29 is 22.4 Å².